The molecule has 0 aliphatic rings. The van der Waals surface area contributed by atoms with Gasteiger partial charge in [0.05, 0.1) is 7.11 Å². The van der Waals surface area contributed by atoms with Crippen molar-refractivity contribution in [1.82, 2.24) is 0 Å². The van der Waals surface area contributed by atoms with Gasteiger partial charge in [-0.05, 0) is 30.0 Å². The van der Waals surface area contributed by atoms with Crippen molar-refractivity contribution in [2.75, 3.05) is 7.11 Å². The Balaban J connectivity index is 1.84. The van der Waals surface area contributed by atoms with Crippen molar-refractivity contribution in [3.63, 3.8) is 0 Å². The van der Waals surface area contributed by atoms with Gasteiger partial charge in [0.15, 0.2) is 5.78 Å². The smallest absolute Gasteiger partial charge is 0.305 e. The van der Waals surface area contributed by atoms with Crippen molar-refractivity contribution in [2.24, 2.45) is 0 Å². The van der Waals surface area contributed by atoms with Crippen molar-refractivity contribution in [1.29, 1.82) is 0 Å². The number of ether oxygens (including phenoxy) is 1. The fourth-order valence-corrected chi connectivity index (χ4v) is 2.34. The number of hydrogen-bond acceptors (Lipinski definition) is 3. The summed E-state index contributed by atoms with van der Waals surface area (Å²) in [4.78, 5) is 23.2. The molecule has 0 radical (unpaired) electrons. The van der Waals surface area contributed by atoms with Gasteiger partial charge in [0.25, 0.3) is 0 Å². The molecule has 0 amide bonds. The van der Waals surface area contributed by atoms with Gasteiger partial charge in [-0.1, -0.05) is 72.8 Å². The van der Waals surface area contributed by atoms with Gasteiger partial charge < -0.3 is 4.74 Å². The van der Waals surface area contributed by atoms with Crippen LogP contribution in [0.15, 0.2) is 72.8 Å². The lowest BCUT2D eigenvalue weighted by atomic mass is 10.0. The van der Waals surface area contributed by atoms with E-state index in [0.29, 0.717) is 12.0 Å². The second-order valence-electron chi connectivity index (χ2n) is 5.62. The molecule has 0 bridgehead atoms. The number of ketones is 1. The summed E-state index contributed by atoms with van der Waals surface area (Å²) in [5.74, 6) is -0.223. The molecule has 3 nitrogen and oxygen atoms in total. The summed E-state index contributed by atoms with van der Waals surface area (Å²) in [6.07, 6.45) is 9.06. The Morgan fingerprint density at radius 1 is 0.960 bits per heavy atom. The van der Waals surface area contributed by atoms with Gasteiger partial charge in [-0.15, -0.1) is 0 Å². The minimum Gasteiger partial charge on any atom is -0.469 e. The minimum atomic E-state index is -0.194. The number of allylic oxidation sites excluding steroid dienone is 3. The van der Waals surface area contributed by atoms with Crippen LogP contribution in [0, 0.1) is 0 Å². The third-order valence-electron chi connectivity index (χ3n) is 3.76. The van der Waals surface area contributed by atoms with E-state index in [0.717, 1.165) is 24.0 Å². The Labute approximate surface area is 148 Å². The maximum absolute atomic E-state index is 12.1. The topological polar surface area (TPSA) is 43.4 Å². The first kappa shape index (κ1) is 18.4. The highest BCUT2D eigenvalue weighted by Crippen LogP contribution is 2.10. The number of carbonyl (C=O) groups is 2. The molecule has 128 valence electrons. The van der Waals surface area contributed by atoms with E-state index in [2.05, 4.69) is 4.74 Å². The van der Waals surface area contributed by atoms with Crippen LogP contribution in [0.25, 0.3) is 6.08 Å². The molecule has 0 heterocycles. The Morgan fingerprint density at radius 3 is 2.36 bits per heavy atom. The van der Waals surface area contributed by atoms with E-state index >= 15 is 0 Å². The van der Waals surface area contributed by atoms with Crippen molar-refractivity contribution < 1.29 is 14.3 Å². The lowest BCUT2D eigenvalue weighted by molar-refractivity contribution is -0.140. The predicted molar refractivity (Wildman–Crippen MR) is 100 cm³/mol. The van der Waals surface area contributed by atoms with Gasteiger partial charge in [0.1, 0.15) is 0 Å². The van der Waals surface area contributed by atoms with E-state index < -0.39 is 0 Å². The standard InChI is InChI=1S/C22H22O3/c1-25-22(24)13-7-11-19-14-16-20(17-15-19)21(23)12-6-5-10-18-8-3-2-4-9-18/h2-6,8-10,12,14-17H,7,11,13H2,1H3. The molecular formula is C22H22O3. The van der Waals surface area contributed by atoms with E-state index in [1.807, 2.05) is 66.7 Å². The maximum atomic E-state index is 12.1. The molecule has 0 aliphatic carbocycles. The molecule has 0 aliphatic heterocycles. The predicted octanol–water partition coefficient (Wildman–Crippen LogP) is 4.63. The van der Waals surface area contributed by atoms with Crippen LogP contribution < -0.4 is 0 Å². The van der Waals surface area contributed by atoms with Crippen molar-refractivity contribution in [3.8, 4) is 0 Å². The summed E-state index contributed by atoms with van der Waals surface area (Å²) in [5, 5.41) is 0. The van der Waals surface area contributed by atoms with Crippen molar-refractivity contribution >= 4 is 17.8 Å². The fraction of sp³-hybridized carbons (Fsp3) is 0.182. The van der Waals surface area contributed by atoms with Gasteiger partial charge in [-0.3, -0.25) is 9.59 Å². The zero-order chi connectivity index (χ0) is 17.9. The lowest BCUT2D eigenvalue weighted by Gasteiger charge is -2.02. The monoisotopic (exact) mass is 334 g/mol. The lowest BCUT2D eigenvalue weighted by Crippen LogP contribution is -2.00. The molecule has 0 saturated carbocycles. The third kappa shape index (κ3) is 6.60. The SMILES string of the molecule is COC(=O)CCCc1ccc(C(=O)C=CC=Cc2ccccc2)cc1. The summed E-state index contributed by atoms with van der Waals surface area (Å²) in [5.41, 5.74) is 2.85. The van der Waals surface area contributed by atoms with E-state index in [4.69, 9.17) is 0 Å². The van der Waals surface area contributed by atoms with Crippen LogP contribution >= 0.6 is 0 Å². The first-order valence-electron chi connectivity index (χ1n) is 8.29. The number of aryl methyl sites for hydroxylation is 1. The first-order valence-corrected chi connectivity index (χ1v) is 8.29. The summed E-state index contributed by atoms with van der Waals surface area (Å²) in [6, 6.07) is 17.4. The summed E-state index contributed by atoms with van der Waals surface area (Å²) >= 11 is 0. The second-order valence-corrected chi connectivity index (χ2v) is 5.62. The van der Waals surface area contributed by atoms with Crippen LogP contribution in [0.4, 0.5) is 0 Å². The molecule has 0 N–H and O–H groups in total. The largest absolute Gasteiger partial charge is 0.469 e. The Morgan fingerprint density at radius 2 is 1.68 bits per heavy atom. The summed E-state index contributed by atoms with van der Waals surface area (Å²) in [6.45, 7) is 0. The molecule has 2 rings (SSSR count). The molecule has 3 heteroatoms. The number of hydrogen-bond donors (Lipinski definition) is 0. The van der Waals surface area contributed by atoms with E-state index in [-0.39, 0.29) is 11.8 Å². The van der Waals surface area contributed by atoms with E-state index in [1.165, 1.54) is 7.11 Å². The maximum Gasteiger partial charge on any atom is 0.305 e. The van der Waals surface area contributed by atoms with Gasteiger partial charge in [0, 0.05) is 12.0 Å². The number of benzene rings is 2. The molecule has 0 aromatic heterocycles. The van der Waals surface area contributed by atoms with Gasteiger partial charge in [0.2, 0.25) is 0 Å². The van der Waals surface area contributed by atoms with Crippen LogP contribution in [0.2, 0.25) is 0 Å². The third-order valence-corrected chi connectivity index (χ3v) is 3.76. The van der Waals surface area contributed by atoms with Gasteiger partial charge >= 0.3 is 5.97 Å². The van der Waals surface area contributed by atoms with Gasteiger partial charge in [-0.2, -0.15) is 0 Å². The summed E-state index contributed by atoms with van der Waals surface area (Å²) < 4.78 is 4.62. The Hall–Kier alpha value is -2.94. The average molecular weight is 334 g/mol. The number of esters is 1. The highest BCUT2D eigenvalue weighted by molar-refractivity contribution is 6.04. The van der Waals surface area contributed by atoms with Crippen molar-refractivity contribution in [3.05, 3.63) is 89.5 Å². The molecule has 0 unspecified atom stereocenters. The normalized spacial score (nSPS) is 11.1. The van der Waals surface area contributed by atoms with Crippen LogP contribution in [0.1, 0.15) is 34.3 Å². The first-order chi connectivity index (χ1) is 12.2. The molecule has 2 aromatic rings. The average Bonchev–Trinajstić information content (AvgIpc) is 2.66. The fourth-order valence-electron chi connectivity index (χ4n) is 2.34. The van der Waals surface area contributed by atoms with E-state index in [9.17, 15) is 9.59 Å². The molecule has 0 spiro atoms. The molecular weight excluding hydrogens is 312 g/mol. The molecule has 0 saturated heterocycles. The molecule has 0 fully saturated rings. The van der Waals surface area contributed by atoms with Crippen LogP contribution in [-0.2, 0) is 16.0 Å². The van der Waals surface area contributed by atoms with Crippen LogP contribution in [-0.4, -0.2) is 18.9 Å². The quantitative estimate of drug-likeness (QED) is 0.306. The van der Waals surface area contributed by atoms with Crippen molar-refractivity contribution in [2.45, 2.75) is 19.3 Å². The number of carbonyl (C=O) groups excluding carboxylic acids is 2. The summed E-state index contributed by atoms with van der Waals surface area (Å²) in [7, 11) is 1.39. The number of methoxy groups -OCH3 is 1. The molecule has 25 heavy (non-hydrogen) atoms. The molecule has 2 aromatic carbocycles. The zero-order valence-corrected chi connectivity index (χ0v) is 14.4. The highest BCUT2D eigenvalue weighted by atomic mass is 16.5. The van der Waals surface area contributed by atoms with Crippen LogP contribution in [0.3, 0.4) is 0 Å². The van der Waals surface area contributed by atoms with Crippen LogP contribution in [0.5, 0.6) is 0 Å². The van der Waals surface area contributed by atoms with E-state index in [1.54, 1.807) is 12.2 Å². The Kier molecular flexibility index (Phi) is 7.39. The highest BCUT2D eigenvalue weighted by Gasteiger charge is 2.03. The number of rotatable bonds is 8. The second kappa shape index (κ2) is 10.0. The molecule has 0 atom stereocenters. The minimum absolute atomic E-state index is 0.0289. The Bertz CT molecular complexity index is 741. The van der Waals surface area contributed by atoms with Gasteiger partial charge in [-0.25, -0.2) is 0 Å². The zero-order valence-electron chi connectivity index (χ0n) is 14.4.